The van der Waals surface area contributed by atoms with Crippen LogP contribution in [0.5, 0.6) is 5.75 Å². The highest BCUT2D eigenvalue weighted by Crippen LogP contribution is 2.19. The predicted molar refractivity (Wildman–Crippen MR) is 71.2 cm³/mol. The van der Waals surface area contributed by atoms with Crippen LogP contribution >= 0.6 is 11.8 Å². The number of thioether (sulfide) groups is 1. The van der Waals surface area contributed by atoms with E-state index in [1.54, 1.807) is 18.2 Å². The molecule has 0 aliphatic rings. The molecule has 0 heterocycles. The molecule has 3 nitrogen and oxygen atoms in total. The van der Waals surface area contributed by atoms with Crippen molar-refractivity contribution in [1.29, 1.82) is 0 Å². The van der Waals surface area contributed by atoms with Gasteiger partial charge in [-0.25, -0.2) is 4.79 Å². The summed E-state index contributed by atoms with van der Waals surface area (Å²) in [5, 5.41) is 8.83. The second-order valence-corrected chi connectivity index (χ2v) is 5.08. The molecule has 1 aromatic carbocycles. The van der Waals surface area contributed by atoms with Crippen molar-refractivity contribution in [2.45, 2.75) is 20.3 Å². The molecule has 0 aliphatic heterocycles. The van der Waals surface area contributed by atoms with Crippen LogP contribution in [0, 0.1) is 6.92 Å². The van der Waals surface area contributed by atoms with Crippen LogP contribution in [-0.4, -0.2) is 29.2 Å². The van der Waals surface area contributed by atoms with Gasteiger partial charge in [-0.05, 0) is 48.6 Å². The summed E-state index contributed by atoms with van der Waals surface area (Å²) in [5.74, 6) is 2.10. The Kier molecular flexibility index (Phi) is 5.91. The van der Waals surface area contributed by atoms with Crippen LogP contribution in [0.4, 0.5) is 0 Å². The van der Waals surface area contributed by atoms with Crippen molar-refractivity contribution in [1.82, 2.24) is 0 Å². The molecular formula is C13H18O3S. The summed E-state index contributed by atoms with van der Waals surface area (Å²) in [6, 6.07) is 4.94. The Morgan fingerprint density at radius 2 is 2.24 bits per heavy atom. The maximum Gasteiger partial charge on any atom is 0.335 e. The summed E-state index contributed by atoms with van der Waals surface area (Å²) < 4.78 is 5.61. The van der Waals surface area contributed by atoms with Crippen LogP contribution in [-0.2, 0) is 0 Å². The highest BCUT2D eigenvalue weighted by Gasteiger charge is 2.06. The molecule has 0 atom stereocenters. The summed E-state index contributed by atoms with van der Waals surface area (Å²) in [7, 11) is 0. The summed E-state index contributed by atoms with van der Waals surface area (Å²) in [6.45, 7) is 4.68. The zero-order chi connectivity index (χ0) is 12.7. The van der Waals surface area contributed by atoms with E-state index in [-0.39, 0.29) is 0 Å². The SMILES string of the molecule is CCSCCCOc1ccc(C(=O)O)cc1C. The number of aromatic carboxylic acids is 1. The van der Waals surface area contributed by atoms with Crippen molar-refractivity contribution < 1.29 is 14.6 Å². The maximum atomic E-state index is 10.8. The third kappa shape index (κ3) is 4.69. The van der Waals surface area contributed by atoms with Gasteiger partial charge in [0.15, 0.2) is 0 Å². The van der Waals surface area contributed by atoms with Crippen molar-refractivity contribution in [3.8, 4) is 5.75 Å². The van der Waals surface area contributed by atoms with Gasteiger partial charge in [0.05, 0.1) is 12.2 Å². The standard InChI is InChI=1S/C13H18O3S/c1-3-17-8-4-7-16-12-6-5-11(13(14)15)9-10(12)2/h5-6,9H,3-4,7-8H2,1-2H3,(H,14,15). The third-order valence-corrected chi connectivity index (χ3v) is 3.30. The number of hydrogen-bond acceptors (Lipinski definition) is 3. The molecule has 1 aromatic rings. The van der Waals surface area contributed by atoms with E-state index >= 15 is 0 Å². The van der Waals surface area contributed by atoms with Crippen LogP contribution in [0.15, 0.2) is 18.2 Å². The van der Waals surface area contributed by atoms with Crippen LogP contribution in [0.3, 0.4) is 0 Å². The average Bonchev–Trinajstić information content (AvgIpc) is 2.30. The van der Waals surface area contributed by atoms with Gasteiger partial charge in [-0.2, -0.15) is 11.8 Å². The number of hydrogen-bond donors (Lipinski definition) is 1. The van der Waals surface area contributed by atoms with Gasteiger partial charge in [0.1, 0.15) is 5.75 Å². The number of carboxylic acids is 1. The number of benzene rings is 1. The van der Waals surface area contributed by atoms with E-state index in [0.29, 0.717) is 12.2 Å². The Hall–Kier alpha value is -1.16. The van der Waals surface area contributed by atoms with Gasteiger partial charge < -0.3 is 9.84 Å². The fraction of sp³-hybridized carbons (Fsp3) is 0.462. The number of carboxylic acid groups (broad SMARTS) is 1. The minimum absolute atomic E-state index is 0.302. The topological polar surface area (TPSA) is 46.5 Å². The molecule has 1 N–H and O–H groups in total. The van der Waals surface area contributed by atoms with Gasteiger partial charge in [0, 0.05) is 0 Å². The van der Waals surface area contributed by atoms with Gasteiger partial charge >= 0.3 is 5.97 Å². The molecule has 0 saturated carbocycles. The quantitative estimate of drug-likeness (QED) is 0.759. The fourth-order valence-electron chi connectivity index (χ4n) is 1.43. The molecule has 17 heavy (non-hydrogen) atoms. The van der Waals surface area contributed by atoms with Crippen LogP contribution in [0.2, 0.25) is 0 Å². The van der Waals surface area contributed by atoms with Crippen molar-refractivity contribution in [3.63, 3.8) is 0 Å². The van der Waals surface area contributed by atoms with Gasteiger partial charge in [0.25, 0.3) is 0 Å². The first-order valence-corrected chi connectivity index (χ1v) is 6.85. The monoisotopic (exact) mass is 254 g/mol. The summed E-state index contributed by atoms with van der Waals surface area (Å²) >= 11 is 1.90. The van der Waals surface area contributed by atoms with Crippen LogP contribution in [0.25, 0.3) is 0 Å². The number of aryl methyl sites for hydroxylation is 1. The lowest BCUT2D eigenvalue weighted by Crippen LogP contribution is -2.02. The molecule has 0 fully saturated rings. The van der Waals surface area contributed by atoms with E-state index in [9.17, 15) is 4.79 Å². The van der Waals surface area contributed by atoms with Crippen molar-refractivity contribution in [2.24, 2.45) is 0 Å². The largest absolute Gasteiger partial charge is 0.493 e. The first-order valence-electron chi connectivity index (χ1n) is 5.69. The van der Waals surface area contributed by atoms with E-state index in [4.69, 9.17) is 9.84 Å². The number of carbonyl (C=O) groups is 1. The smallest absolute Gasteiger partial charge is 0.335 e. The Morgan fingerprint density at radius 1 is 1.47 bits per heavy atom. The third-order valence-electron chi connectivity index (χ3n) is 2.32. The lowest BCUT2D eigenvalue weighted by Gasteiger charge is -2.09. The Labute approximate surface area is 106 Å². The van der Waals surface area contributed by atoms with Gasteiger partial charge in [-0.15, -0.1) is 0 Å². The van der Waals surface area contributed by atoms with Crippen molar-refractivity contribution >= 4 is 17.7 Å². The second kappa shape index (κ2) is 7.22. The molecule has 94 valence electrons. The molecule has 0 bridgehead atoms. The first kappa shape index (κ1) is 13.9. The molecule has 0 spiro atoms. The van der Waals surface area contributed by atoms with E-state index in [1.807, 2.05) is 18.7 Å². The summed E-state index contributed by atoms with van der Waals surface area (Å²) in [6.07, 6.45) is 1.01. The Morgan fingerprint density at radius 3 is 2.82 bits per heavy atom. The minimum atomic E-state index is -0.904. The van der Waals surface area contributed by atoms with E-state index in [2.05, 4.69) is 6.92 Å². The number of rotatable bonds is 7. The molecule has 0 radical (unpaired) electrons. The van der Waals surface area contributed by atoms with E-state index in [0.717, 1.165) is 29.2 Å². The zero-order valence-electron chi connectivity index (χ0n) is 10.2. The molecule has 0 unspecified atom stereocenters. The normalized spacial score (nSPS) is 10.2. The summed E-state index contributed by atoms with van der Waals surface area (Å²) in [5.41, 5.74) is 1.17. The van der Waals surface area contributed by atoms with E-state index in [1.165, 1.54) is 0 Å². The predicted octanol–water partition coefficient (Wildman–Crippen LogP) is 3.22. The molecule has 0 amide bonds. The zero-order valence-corrected chi connectivity index (χ0v) is 11.0. The first-order chi connectivity index (χ1) is 8.15. The van der Waals surface area contributed by atoms with Gasteiger partial charge in [-0.1, -0.05) is 6.92 Å². The second-order valence-electron chi connectivity index (χ2n) is 3.68. The molecular weight excluding hydrogens is 236 g/mol. The van der Waals surface area contributed by atoms with Gasteiger partial charge in [0.2, 0.25) is 0 Å². The average molecular weight is 254 g/mol. The minimum Gasteiger partial charge on any atom is -0.493 e. The number of ether oxygens (including phenoxy) is 1. The molecule has 1 rings (SSSR count). The highest BCUT2D eigenvalue weighted by molar-refractivity contribution is 7.99. The molecule has 0 saturated heterocycles. The van der Waals surface area contributed by atoms with Crippen molar-refractivity contribution in [2.75, 3.05) is 18.1 Å². The Balaban J connectivity index is 2.46. The Bertz CT molecular complexity index is 377. The highest BCUT2D eigenvalue weighted by atomic mass is 32.2. The van der Waals surface area contributed by atoms with Gasteiger partial charge in [-0.3, -0.25) is 0 Å². The lowest BCUT2D eigenvalue weighted by molar-refractivity contribution is 0.0696. The van der Waals surface area contributed by atoms with Crippen LogP contribution in [0.1, 0.15) is 29.3 Å². The summed E-state index contributed by atoms with van der Waals surface area (Å²) in [4.78, 5) is 10.8. The molecule has 4 heteroatoms. The maximum absolute atomic E-state index is 10.8. The molecule has 0 aliphatic carbocycles. The molecule has 0 aromatic heterocycles. The van der Waals surface area contributed by atoms with E-state index < -0.39 is 5.97 Å². The van der Waals surface area contributed by atoms with Crippen molar-refractivity contribution in [3.05, 3.63) is 29.3 Å². The fourth-order valence-corrected chi connectivity index (χ4v) is 2.04. The lowest BCUT2D eigenvalue weighted by atomic mass is 10.1. The van der Waals surface area contributed by atoms with Crippen LogP contribution < -0.4 is 4.74 Å².